The van der Waals surface area contributed by atoms with Gasteiger partial charge in [0.25, 0.3) is 10.0 Å². The molecule has 0 saturated carbocycles. The number of hydrogen-bond acceptors (Lipinski definition) is 5. The van der Waals surface area contributed by atoms with Crippen LogP contribution in [0.3, 0.4) is 0 Å². The molecule has 1 aromatic carbocycles. The fraction of sp³-hybridized carbons (Fsp3) is 0.0556. The summed E-state index contributed by atoms with van der Waals surface area (Å²) in [6.45, 7) is 0.180. The number of nitrogens with zero attached hydrogens (tertiary/aromatic N) is 4. The lowest BCUT2D eigenvalue weighted by atomic mass is 10.2. The van der Waals surface area contributed by atoms with Crippen LogP contribution in [0.2, 0.25) is 10.3 Å². The molecule has 0 aliphatic rings. The molecule has 0 bridgehead atoms. The molecular weight excluding hydrogens is 437 g/mol. The topological polar surface area (TPSA) is 98.4 Å². The van der Waals surface area contributed by atoms with E-state index in [1.165, 1.54) is 21.2 Å². The second kappa shape index (κ2) is 7.51. The molecule has 4 aromatic rings. The lowest BCUT2D eigenvalue weighted by molar-refractivity contribution is 0.601. The molecule has 0 radical (unpaired) electrons. The van der Waals surface area contributed by atoms with Crippen LogP contribution in [0.1, 0.15) is 5.56 Å². The Kier molecular flexibility index (Phi) is 5.03. The number of rotatable bonds is 5. The molecule has 0 aliphatic heterocycles. The van der Waals surface area contributed by atoms with Gasteiger partial charge in [-0.25, -0.2) is 22.9 Å². The van der Waals surface area contributed by atoms with E-state index in [1.807, 2.05) is 0 Å². The molecular formula is C18H13Cl2N5O3S. The zero-order chi connectivity index (χ0) is 20.6. The second-order valence-corrected chi connectivity index (χ2v) is 8.49. The van der Waals surface area contributed by atoms with E-state index in [2.05, 4.69) is 14.8 Å². The number of nitrogens with one attached hydrogen (secondary N) is 1. The molecule has 0 spiro atoms. The average molecular weight is 450 g/mol. The van der Waals surface area contributed by atoms with Gasteiger partial charge in [0.2, 0.25) is 0 Å². The van der Waals surface area contributed by atoms with Gasteiger partial charge in [0, 0.05) is 11.9 Å². The quantitative estimate of drug-likeness (QED) is 0.472. The van der Waals surface area contributed by atoms with E-state index in [4.69, 9.17) is 23.2 Å². The van der Waals surface area contributed by atoms with Gasteiger partial charge in [-0.05, 0) is 42.0 Å². The van der Waals surface area contributed by atoms with Crippen LogP contribution in [-0.4, -0.2) is 27.6 Å². The van der Waals surface area contributed by atoms with Gasteiger partial charge in [-0.15, -0.1) is 5.10 Å². The van der Waals surface area contributed by atoms with Crippen molar-refractivity contribution in [3.63, 3.8) is 0 Å². The molecule has 0 saturated heterocycles. The zero-order valence-corrected chi connectivity index (χ0v) is 17.0. The highest BCUT2D eigenvalue weighted by atomic mass is 35.5. The fourth-order valence-electron chi connectivity index (χ4n) is 2.79. The van der Waals surface area contributed by atoms with E-state index >= 15 is 0 Å². The zero-order valence-electron chi connectivity index (χ0n) is 14.7. The Hall–Kier alpha value is -2.88. The molecule has 29 heavy (non-hydrogen) atoms. The number of anilines is 1. The number of sulfonamides is 1. The van der Waals surface area contributed by atoms with Gasteiger partial charge in [0.1, 0.15) is 10.0 Å². The van der Waals surface area contributed by atoms with Crippen LogP contribution < -0.4 is 10.4 Å². The van der Waals surface area contributed by atoms with Gasteiger partial charge in [0.05, 0.1) is 6.54 Å². The minimum atomic E-state index is -3.97. The first kappa shape index (κ1) is 19.4. The number of pyridine rings is 2. The van der Waals surface area contributed by atoms with Gasteiger partial charge in [-0.1, -0.05) is 41.4 Å². The Balaban J connectivity index is 1.61. The van der Waals surface area contributed by atoms with Gasteiger partial charge in [-0.2, -0.15) is 0 Å². The van der Waals surface area contributed by atoms with E-state index in [-0.39, 0.29) is 27.4 Å². The second-order valence-electron chi connectivity index (χ2n) is 6.10. The summed E-state index contributed by atoms with van der Waals surface area (Å²) in [5, 5.41) is 4.14. The fourth-order valence-corrected chi connectivity index (χ4v) is 4.50. The summed E-state index contributed by atoms with van der Waals surface area (Å²) in [7, 11) is -3.97. The lowest BCUT2D eigenvalue weighted by Gasteiger charge is -2.10. The molecule has 3 heterocycles. The Morgan fingerprint density at radius 3 is 2.62 bits per heavy atom. The maximum Gasteiger partial charge on any atom is 0.350 e. The summed E-state index contributed by atoms with van der Waals surface area (Å²) in [6.07, 6.45) is 1.63. The minimum Gasteiger partial charge on any atom is -0.280 e. The molecule has 3 aromatic heterocycles. The summed E-state index contributed by atoms with van der Waals surface area (Å²) in [4.78, 5) is 16.0. The van der Waals surface area contributed by atoms with Crippen LogP contribution >= 0.6 is 23.2 Å². The van der Waals surface area contributed by atoms with Crippen molar-refractivity contribution in [1.82, 2.24) is 19.2 Å². The molecule has 0 atom stereocenters. The van der Waals surface area contributed by atoms with Crippen molar-refractivity contribution in [2.24, 2.45) is 0 Å². The third kappa shape index (κ3) is 3.98. The van der Waals surface area contributed by atoms with E-state index in [0.717, 1.165) is 0 Å². The van der Waals surface area contributed by atoms with Crippen molar-refractivity contribution in [2.45, 2.75) is 11.4 Å². The van der Waals surface area contributed by atoms with E-state index in [1.54, 1.807) is 48.7 Å². The Bertz CT molecular complexity index is 1380. The number of halogens is 2. The van der Waals surface area contributed by atoms with Crippen LogP contribution in [0.5, 0.6) is 0 Å². The van der Waals surface area contributed by atoms with Gasteiger partial charge in [0.15, 0.2) is 10.8 Å². The van der Waals surface area contributed by atoms with Crippen LogP contribution in [-0.2, 0) is 16.6 Å². The lowest BCUT2D eigenvalue weighted by Crippen LogP contribution is -2.21. The maximum atomic E-state index is 12.6. The van der Waals surface area contributed by atoms with Crippen molar-refractivity contribution in [3.05, 3.63) is 87.1 Å². The SMILES string of the molecule is O=c1n(Cc2cccc(NS(=O)(=O)c3ccc(Cl)nc3Cl)c2)nc2ccccn12. The van der Waals surface area contributed by atoms with Gasteiger partial charge < -0.3 is 0 Å². The van der Waals surface area contributed by atoms with E-state index < -0.39 is 10.0 Å². The number of benzene rings is 1. The Labute approximate surface area is 175 Å². The molecule has 11 heteroatoms. The number of fused-ring (bicyclic) bond motifs is 1. The standard InChI is InChI=1S/C18H13Cl2N5O3S/c19-15-8-7-14(17(20)21-15)29(27,28)23-13-5-3-4-12(10-13)11-25-18(26)24-9-2-1-6-16(24)22-25/h1-10,23H,11H2. The maximum absolute atomic E-state index is 12.6. The summed E-state index contributed by atoms with van der Waals surface area (Å²) in [5.74, 6) is 0. The monoisotopic (exact) mass is 449 g/mol. The van der Waals surface area contributed by atoms with Crippen molar-refractivity contribution < 1.29 is 8.42 Å². The average Bonchev–Trinajstić information content (AvgIpc) is 2.97. The molecule has 0 aliphatic carbocycles. The Morgan fingerprint density at radius 2 is 1.86 bits per heavy atom. The molecule has 1 N–H and O–H groups in total. The van der Waals surface area contributed by atoms with Gasteiger partial charge >= 0.3 is 5.69 Å². The minimum absolute atomic E-state index is 0.0915. The van der Waals surface area contributed by atoms with Crippen LogP contribution in [0, 0.1) is 0 Å². The Morgan fingerprint density at radius 1 is 1.03 bits per heavy atom. The molecule has 0 fully saturated rings. The highest BCUT2D eigenvalue weighted by Crippen LogP contribution is 2.24. The first-order valence-electron chi connectivity index (χ1n) is 8.31. The van der Waals surface area contributed by atoms with Crippen LogP contribution in [0.4, 0.5) is 5.69 Å². The number of hydrogen-bond donors (Lipinski definition) is 1. The summed E-state index contributed by atoms with van der Waals surface area (Å²) in [5.41, 5.74) is 1.24. The normalized spacial score (nSPS) is 11.7. The third-order valence-electron chi connectivity index (χ3n) is 4.07. The smallest absolute Gasteiger partial charge is 0.280 e. The predicted molar refractivity (Wildman–Crippen MR) is 110 cm³/mol. The molecule has 4 rings (SSSR count). The van der Waals surface area contributed by atoms with Crippen molar-refractivity contribution in [2.75, 3.05) is 4.72 Å². The summed E-state index contributed by atoms with van der Waals surface area (Å²) >= 11 is 11.6. The van der Waals surface area contributed by atoms with Crippen molar-refractivity contribution in [1.29, 1.82) is 0 Å². The predicted octanol–water partition coefficient (Wildman–Crippen LogP) is 3.05. The third-order valence-corrected chi connectivity index (χ3v) is 6.09. The molecule has 148 valence electrons. The highest BCUT2D eigenvalue weighted by molar-refractivity contribution is 7.92. The summed E-state index contributed by atoms with van der Waals surface area (Å²) < 4.78 is 30.4. The molecule has 0 amide bonds. The first-order valence-corrected chi connectivity index (χ1v) is 10.6. The van der Waals surface area contributed by atoms with E-state index in [9.17, 15) is 13.2 Å². The largest absolute Gasteiger partial charge is 0.350 e. The van der Waals surface area contributed by atoms with Crippen molar-refractivity contribution >= 4 is 44.6 Å². The number of aromatic nitrogens is 4. The van der Waals surface area contributed by atoms with Crippen LogP contribution in [0.15, 0.2) is 70.5 Å². The summed E-state index contributed by atoms with van der Waals surface area (Å²) in [6, 6.07) is 14.5. The molecule has 8 nitrogen and oxygen atoms in total. The highest BCUT2D eigenvalue weighted by Gasteiger charge is 2.19. The first-order chi connectivity index (χ1) is 13.8. The van der Waals surface area contributed by atoms with Crippen molar-refractivity contribution in [3.8, 4) is 0 Å². The van der Waals surface area contributed by atoms with E-state index in [0.29, 0.717) is 16.9 Å². The van der Waals surface area contributed by atoms with Gasteiger partial charge in [-0.3, -0.25) is 9.12 Å². The van der Waals surface area contributed by atoms with Crippen LogP contribution in [0.25, 0.3) is 5.65 Å². The molecule has 0 unspecified atom stereocenters.